The number of fused-ring (bicyclic) bond motifs is 1. The van der Waals surface area contributed by atoms with Crippen molar-refractivity contribution in [2.75, 3.05) is 13.7 Å². The molecule has 0 bridgehead atoms. The van der Waals surface area contributed by atoms with Crippen LogP contribution in [0.15, 0.2) is 29.2 Å². The lowest BCUT2D eigenvalue weighted by atomic mass is 10.1. The fraction of sp³-hybridized carbons (Fsp3) is 0.267. The van der Waals surface area contributed by atoms with Gasteiger partial charge in [0.2, 0.25) is 15.8 Å². The lowest BCUT2D eigenvalue weighted by Gasteiger charge is -2.27. The van der Waals surface area contributed by atoms with Gasteiger partial charge in [0.1, 0.15) is 5.75 Å². The highest BCUT2D eigenvalue weighted by Gasteiger charge is 2.29. The van der Waals surface area contributed by atoms with Gasteiger partial charge < -0.3 is 10.5 Å². The number of carbonyl (C=O) groups is 1. The second kappa shape index (κ2) is 6.17. The van der Waals surface area contributed by atoms with Crippen LogP contribution in [0.4, 0.5) is 0 Å². The molecular formula is C15H15N4O4S. The second-order valence-electron chi connectivity index (χ2n) is 5.21. The van der Waals surface area contributed by atoms with Crippen LogP contribution < -0.4 is 10.5 Å². The Morgan fingerprint density at radius 1 is 1.33 bits per heavy atom. The van der Waals surface area contributed by atoms with E-state index < -0.39 is 15.9 Å². The summed E-state index contributed by atoms with van der Waals surface area (Å²) in [5.74, 6) is -0.368. The maximum absolute atomic E-state index is 12.8. The zero-order valence-electron chi connectivity index (χ0n) is 12.9. The van der Waals surface area contributed by atoms with E-state index in [4.69, 9.17) is 10.5 Å². The molecule has 0 aliphatic carbocycles. The van der Waals surface area contributed by atoms with E-state index >= 15 is 0 Å². The highest BCUT2D eigenvalue weighted by Crippen LogP contribution is 2.24. The predicted octanol–water partition coefficient (Wildman–Crippen LogP) is 0.131. The number of ether oxygens (including phenoxy) is 1. The van der Waals surface area contributed by atoms with Crippen LogP contribution in [-0.2, 0) is 23.0 Å². The van der Waals surface area contributed by atoms with Crippen molar-refractivity contribution in [2.45, 2.75) is 17.9 Å². The normalized spacial score (nSPS) is 14.9. The summed E-state index contributed by atoms with van der Waals surface area (Å²) in [6.07, 6.45) is 3.13. The van der Waals surface area contributed by atoms with Crippen LogP contribution in [0, 0.1) is 6.20 Å². The summed E-state index contributed by atoms with van der Waals surface area (Å²) in [4.78, 5) is 19.2. The minimum atomic E-state index is -3.68. The minimum absolute atomic E-state index is 0.0446. The quantitative estimate of drug-likeness (QED) is 0.840. The molecule has 3 rings (SSSR count). The van der Waals surface area contributed by atoms with Crippen LogP contribution in [0.1, 0.15) is 21.9 Å². The SMILES string of the molecule is COc1ccc(S(=O)(=O)N2CCc3[c]nc(C(N)=O)nc3C2)cc1. The Bertz CT molecular complexity index is 881. The summed E-state index contributed by atoms with van der Waals surface area (Å²) >= 11 is 0. The molecule has 1 aromatic heterocycles. The third-order valence-corrected chi connectivity index (χ3v) is 5.60. The zero-order chi connectivity index (χ0) is 17.3. The number of nitrogens with zero attached hydrogens (tertiary/aromatic N) is 3. The molecule has 0 atom stereocenters. The Balaban J connectivity index is 1.90. The molecule has 1 amide bonds. The van der Waals surface area contributed by atoms with Crippen molar-refractivity contribution < 1.29 is 17.9 Å². The summed E-state index contributed by atoms with van der Waals surface area (Å²) < 4.78 is 31.9. The van der Waals surface area contributed by atoms with Crippen LogP contribution in [-0.4, -0.2) is 42.3 Å². The van der Waals surface area contributed by atoms with Crippen LogP contribution in [0.5, 0.6) is 5.75 Å². The van der Waals surface area contributed by atoms with Crippen molar-refractivity contribution in [3.05, 3.63) is 47.5 Å². The number of nitrogens with two attached hydrogens (primary N) is 1. The zero-order valence-corrected chi connectivity index (χ0v) is 13.7. The highest BCUT2D eigenvalue weighted by molar-refractivity contribution is 7.89. The van der Waals surface area contributed by atoms with Gasteiger partial charge in [-0.1, -0.05) is 0 Å². The molecule has 2 heterocycles. The van der Waals surface area contributed by atoms with E-state index in [0.29, 0.717) is 23.4 Å². The maximum atomic E-state index is 12.8. The fourth-order valence-electron chi connectivity index (χ4n) is 2.43. The third-order valence-electron chi connectivity index (χ3n) is 3.74. The van der Waals surface area contributed by atoms with Gasteiger partial charge in [-0.3, -0.25) is 4.79 Å². The van der Waals surface area contributed by atoms with Crippen LogP contribution >= 0.6 is 0 Å². The number of carbonyl (C=O) groups excluding carboxylic acids is 1. The predicted molar refractivity (Wildman–Crippen MR) is 83.7 cm³/mol. The van der Waals surface area contributed by atoms with E-state index in [-0.39, 0.29) is 23.8 Å². The fourth-order valence-corrected chi connectivity index (χ4v) is 3.83. The summed E-state index contributed by atoms with van der Waals surface area (Å²) in [7, 11) is -2.16. The molecule has 8 nitrogen and oxygen atoms in total. The summed E-state index contributed by atoms with van der Waals surface area (Å²) in [6.45, 7) is 0.333. The van der Waals surface area contributed by atoms with Gasteiger partial charge >= 0.3 is 0 Å². The number of primary amides is 1. The molecule has 9 heteroatoms. The number of sulfonamides is 1. The first-order chi connectivity index (χ1) is 11.4. The van der Waals surface area contributed by atoms with Gasteiger partial charge in [0.25, 0.3) is 5.91 Å². The summed E-state index contributed by atoms with van der Waals surface area (Å²) in [6, 6.07) is 6.16. The molecule has 1 radical (unpaired) electrons. The molecule has 1 aliphatic heterocycles. The van der Waals surface area contributed by atoms with Crippen molar-refractivity contribution in [3.63, 3.8) is 0 Å². The van der Waals surface area contributed by atoms with Gasteiger partial charge in [0.05, 0.1) is 30.4 Å². The first-order valence-corrected chi connectivity index (χ1v) is 8.57. The number of methoxy groups -OCH3 is 1. The number of hydrogen-bond acceptors (Lipinski definition) is 6. The van der Waals surface area contributed by atoms with Gasteiger partial charge in [-0.05, 0) is 30.7 Å². The maximum Gasteiger partial charge on any atom is 0.286 e. The van der Waals surface area contributed by atoms with Crippen molar-refractivity contribution in [3.8, 4) is 5.75 Å². The summed E-state index contributed by atoms with van der Waals surface area (Å²) in [5, 5.41) is 0. The molecule has 0 spiro atoms. The number of hydrogen-bond donors (Lipinski definition) is 1. The van der Waals surface area contributed by atoms with E-state index in [9.17, 15) is 13.2 Å². The highest BCUT2D eigenvalue weighted by atomic mass is 32.2. The van der Waals surface area contributed by atoms with Gasteiger partial charge in [-0.25, -0.2) is 18.4 Å². The number of rotatable bonds is 4. The molecule has 125 valence electrons. The second-order valence-corrected chi connectivity index (χ2v) is 7.15. The van der Waals surface area contributed by atoms with E-state index in [1.54, 1.807) is 12.1 Å². The monoisotopic (exact) mass is 347 g/mol. The Kier molecular flexibility index (Phi) is 4.20. The molecular weight excluding hydrogens is 332 g/mol. The Labute approximate surface area is 139 Å². The Morgan fingerprint density at radius 3 is 2.67 bits per heavy atom. The molecule has 2 N–H and O–H groups in total. The average molecular weight is 347 g/mol. The first kappa shape index (κ1) is 16.3. The van der Waals surface area contributed by atoms with Crippen LogP contribution in [0.3, 0.4) is 0 Å². The molecule has 0 saturated carbocycles. The number of benzene rings is 1. The van der Waals surface area contributed by atoms with Gasteiger partial charge in [-0.15, -0.1) is 0 Å². The Morgan fingerprint density at radius 2 is 2.04 bits per heavy atom. The average Bonchev–Trinajstić information content (AvgIpc) is 2.60. The first-order valence-electron chi connectivity index (χ1n) is 7.13. The van der Waals surface area contributed by atoms with Gasteiger partial charge in [0.15, 0.2) is 0 Å². The standard InChI is InChI=1S/C15H15N4O4S/c1-23-11-2-4-12(5-3-11)24(21,22)19-7-6-10-8-17-15(14(16)20)18-13(10)9-19/h2-5H,6-7,9H2,1H3,(H2,16,20). The molecule has 24 heavy (non-hydrogen) atoms. The van der Waals surface area contributed by atoms with Crippen molar-refractivity contribution in [2.24, 2.45) is 5.73 Å². The van der Waals surface area contributed by atoms with Crippen molar-refractivity contribution >= 4 is 15.9 Å². The van der Waals surface area contributed by atoms with Gasteiger partial charge in [0, 0.05) is 12.1 Å². The third kappa shape index (κ3) is 2.95. The molecule has 0 unspecified atom stereocenters. The van der Waals surface area contributed by atoms with E-state index in [1.807, 2.05) is 0 Å². The summed E-state index contributed by atoms with van der Waals surface area (Å²) in [5.41, 5.74) is 6.30. The minimum Gasteiger partial charge on any atom is -0.497 e. The smallest absolute Gasteiger partial charge is 0.286 e. The van der Waals surface area contributed by atoms with Gasteiger partial charge in [-0.2, -0.15) is 4.31 Å². The molecule has 1 aliphatic rings. The molecule has 1 aromatic carbocycles. The van der Waals surface area contributed by atoms with Crippen molar-refractivity contribution in [1.29, 1.82) is 0 Å². The van der Waals surface area contributed by atoms with Crippen LogP contribution in [0.2, 0.25) is 0 Å². The van der Waals surface area contributed by atoms with E-state index in [1.165, 1.54) is 23.5 Å². The molecule has 2 aromatic rings. The van der Waals surface area contributed by atoms with Crippen molar-refractivity contribution in [1.82, 2.24) is 14.3 Å². The van der Waals surface area contributed by atoms with E-state index in [2.05, 4.69) is 16.2 Å². The lowest BCUT2D eigenvalue weighted by molar-refractivity contribution is 0.0989. The molecule has 0 fully saturated rings. The number of aromatic nitrogens is 2. The largest absolute Gasteiger partial charge is 0.497 e. The van der Waals surface area contributed by atoms with E-state index in [0.717, 1.165) is 0 Å². The molecule has 0 saturated heterocycles. The Hall–Kier alpha value is -2.52. The van der Waals surface area contributed by atoms with Crippen LogP contribution in [0.25, 0.3) is 0 Å². The lowest BCUT2D eigenvalue weighted by Crippen LogP contribution is -2.37. The topological polar surface area (TPSA) is 115 Å². The number of amides is 1.